The molecule has 0 bridgehead atoms. The Hall–Kier alpha value is -3.71. The third kappa shape index (κ3) is 5.63. The van der Waals surface area contributed by atoms with E-state index in [0.29, 0.717) is 0 Å². The van der Waals surface area contributed by atoms with E-state index < -0.39 is 90.3 Å². The van der Waals surface area contributed by atoms with Gasteiger partial charge < -0.3 is 74.1 Å². The highest BCUT2D eigenvalue weighted by Gasteiger charge is 2.46. The van der Waals surface area contributed by atoms with Crippen LogP contribution in [0.1, 0.15) is 6.92 Å². The molecule has 2 fully saturated rings. The molecule has 9 N–H and O–H groups in total. The number of aromatic hydroxyl groups is 2. The van der Waals surface area contributed by atoms with Crippen LogP contribution in [-0.2, 0) is 9.47 Å². The number of methoxy groups -OCH3 is 1. The second kappa shape index (κ2) is 12.4. The number of benzene rings is 2. The Balaban J connectivity index is 1.63. The van der Waals surface area contributed by atoms with Crippen molar-refractivity contribution in [1.29, 1.82) is 0 Å². The van der Waals surface area contributed by atoms with Crippen LogP contribution in [0.2, 0.25) is 0 Å². The van der Waals surface area contributed by atoms with Gasteiger partial charge in [0.05, 0.1) is 19.8 Å². The molecule has 3 aromatic rings. The largest absolute Gasteiger partial charge is 0.507 e. The lowest BCUT2D eigenvalue weighted by molar-refractivity contribution is -0.277. The first-order valence-corrected chi connectivity index (χ1v) is 13.4. The van der Waals surface area contributed by atoms with E-state index in [1.54, 1.807) is 0 Å². The van der Waals surface area contributed by atoms with Gasteiger partial charge in [-0.2, -0.15) is 0 Å². The lowest BCUT2D eigenvalue weighted by Crippen LogP contribution is -2.60. The standard InChI is InChI=1S/C28H32O16/c1-9-18(32)22(36)26(27(38)40-9)41-11-6-13(31)17-15(7-11)42-24(10-3-4-12(30)14(5-10)39-2)25(20(17)34)44-28-23(37)21(35)19(33)16(8-29)43-28/h3-7,9,16,18-19,21-23,26-33,35-38H,8H2,1-2H3/t9-,16+,18-,19+,21-,22+,23+,26-,27-,28-/m1/s1. The summed E-state index contributed by atoms with van der Waals surface area (Å²) in [7, 11) is 1.28. The van der Waals surface area contributed by atoms with E-state index in [-0.39, 0.29) is 34.2 Å². The van der Waals surface area contributed by atoms with E-state index in [4.69, 9.17) is 28.1 Å². The maximum absolute atomic E-state index is 13.8. The fourth-order valence-corrected chi connectivity index (χ4v) is 5.03. The summed E-state index contributed by atoms with van der Waals surface area (Å²) >= 11 is 0. The second-order valence-corrected chi connectivity index (χ2v) is 10.4. The summed E-state index contributed by atoms with van der Waals surface area (Å²) < 4.78 is 33.0. The Morgan fingerprint density at radius 2 is 1.57 bits per heavy atom. The molecule has 2 saturated heterocycles. The van der Waals surface area contributed by atoms with Crippen LogP contribution in [0.25, 0.3) is 22.3 Å². The summed E-state index contributed by atoms with van der Waals surface area (Å²) in [6.07, 6.45) is -15.7. The zero-order chi connectivity index (χ0) is 32.0. The smallest absolute Gasteiger partial charge is 0.239 e. The van der Waals surface area contributed by atoms with Gasteiger partial charge in [-0.15, -0.1) is 0 Å². The lowest BCUT2D eigenvalue weighted by atomic mass is 9.99. The molecule has 1 aromatic heterocycles. The first-order valence-electron chi connectivity index (χ1n) is 13.4. The zero-order valence-corrected chi connectivity index (χ0v) is 23.3. The average molecular weight is 625 g/mol. The SMILES string of the molecule is COc1cc(-c2oc3cc(O[C@@H]4[C@@H](O)[C@H](O)[C@@H](C)O[C@H]4O)cc(O)c3c(=O)c2O[C@H]2O[C@@H](CO)[C@H](O)[C@@H](O)[C@@H]2O)ccc1O. The number of hydrogen-bond donors (Lipinski definition) is 9. The molecule has 0 spiro atoms. The van der Waals surface area contributed by atoms with Crippen LogP contribution in [0.5, 0.6) is 28.7 Å². The van der Waals surface area contributed by atoms with Gasteiger partial charge in [-0.05, 0) is 25.1 Å². The minimum atomic E-state index is -1.90. The predicted molar refractivity (Wildman–Crippen MR) is 145 cm³/mol. The molecule has 0 radical (unpaired) electrons. The topological polar surface area (TPSA) is 258 Å². The Labute approximate surface area is 248 Å². The van der Waals surface area contributed by atoms with Gasteiger partial charge in [-0.1, -0.05) is 0 Å². The van der Waals surface area contributed by atoms with Crippen LogP contribution in [0, 0.1) is 0 Å². The molecule has 0 saturated carbocycles. The third-order valence-electron chi connectivity index (χ3n) is 7.51. The van der Waals surface area contributed by atoms with Gasteiger partial charge in [-0.3, -0.25) is 4.79 Å². The molecule has 0 aliphatic carbocycles. The van der Waals surface area contributed by atoms with E-state index in [0.717, 1.165) is 12.1 Å². The number of fused-ring (bicyclic) bond motifs is 1. The molecule has 16 heteroatoms. The molecular weight excluding hydrogens is 592 g/mol. The number of aliphatic hydroxyl groups excluding tert-OH is 7. The maximum Gasteiger partial charge on any atom is 0.239 e. The Morgan fingerprint density at radius 3 is 2.25 bits per heavy atom. The number of aliphatic hydroxyl groups is 7. The molecule has 2 aromatic carbocycles. The highest BCUT2D eigenvalue weighted by atomic mass is 16.7. The summed E-state index contributed by atoms with van der Waals surface area (Å²) in [6.45, 7) is 0.668. The van der Waals surface area contributed by atoms with E-state index in [9.17, 15) is 50.8 Å². The van der Waals surface area contributed by atoms with Crippen molar-refractivity contribution in [1.82, 2.24) is 0 Å². The summed E-state index contributed by atoms with van der Waals surface area (Å²) in [5, 5.41) is 91.8. The first-order chi connectivity index (χ1) is 20.9. The molecule has 2 aliphatic heterocycles. The van der Waals surface area contributed by atoms with Gasteiger partial charge in [0, 0.05) is 17.7 Å². The van der Waals surface area contributed by atoms with Crippen LogP contribution >= 0.6 is 0 Å². The monoisotopic (exact) mass is 624 g/mol. The molecule has 0 unspecified atom stereocenters. The number of hydrogen-bond acceptors (Lipinski definition) is 16. The average Bonchev–Trinajstić information content (AvgIpc) is 2.99. The zero-order valence-electron chi connectivity index (χ0n) is 23.3. The molecule has 10 atom stereocenters. The van der Waals surface area contributed by atoms with Gasteiger partial charge in [-0.25, -0.2) is 0 Å². The molecule has 0 amide bonds. The van der Waals surface area contributed by atoms with Crippen molar-refractivity contribution in [3.63, 3.8) is 0 Å². The number of phenols is 2. The molecule has 2 aliphatic rings. The second-order valence-electron chi connectivity index (χ2n) is 10.4. The summed E-state index contributed by atoms with van der Waals surface area (Å²) in [4.78, 5) is 13.8. The quantitative estimate of drug-likeness (QED) is 0.141. The molecule has 240 valence electrons. The van der Waals surface area contributed by atoms with E-state index >= 15 is 0 Å². The molecule has 44 heavy (non-hydrogen) atoms. The van der Waals surface area contributed by atoms with Gasteiger partial charge >= 0.3 is 0 Å². The number of ether oxygens (including phenoxy) is 5. The summed E-state index contributed by atoms with van der Waals surface area (Å²) in [6, 6.07) is 5.97. The van der Waals surface area contributed by atoms with Crippen LogP contribution in [0.3, 0.4) is 0 Å². The number of rotatable bonds is 7. The van der Waals surface area contributed by atoms with Crippen LogP contribution < -0.4 is 19.6 Å². The summed E-state index contributed by atoms with van der Waals surface area (Å²) in [5.41, 5.74) is -1.20. The number of phenolic OH excluding ortho intramolecular Hbond substituents is 2. The summed E-state index contributed by atoms with van der Waals surface area (Å²) in [5.74, 6) is -2.16. The van der Waals surface area contributed by atoms with Gasteiger partial charge in [0.1, 0.15) is 59.1 Å². The lowest BCUT2D eigenvalue weighted by Gasteiger charge is -2.39. The molecule has 5 rings (SSSR count). The Kier molecular flexibility index (Phi) is 8.90. The minimum Gasteiger partial charge on any atom is -0.507 e. The van der Waals surface area contributed by atoms with E-state index in [1.807, 2.05) is 0 Å². The van der Waals surface area contributed by atoms with Crippen molar-refractivity contribution in [2.24, 2.45) is 0 Å². The van der Waals surface area contributed by atoms with Crippen molar-refractivity contribution in [3.05, 3.63) is 40.6 Å². The van der Waals surface area contributed by atoms with Crippen molar-refractivity contribution in [2.45, 2.75) is 68.3 Å². The maximum atomic E-state index is 13.8. The van der Waals surface area contributed by atoms with Gasteiger partial charge in [0.15, 0.2) is 29.7 Å². The molecule has 16 nitrogen and oxygen atoms in total. The first kappa shape index (κ1) is 31.7. The Bertz CT molecular complexity index is 1550. The van der Waals surface area contributed by atoms with Crippen molar-refractivity contribution in [3.8, 4) is 40.1 Å². The molecular formula is C28H32O16. The fourth-order valence-electron chi connectivity index (χ4n) is 5.03. The van der Waals surface area contributed by atoms with E-state index in [2.05, 4.69) is 0 Å². The van der Waals surface area contributed by atoms with Gasteiger partial charge in [0.25, 0.3) is 0 Å². The van der Waals surface area contributed by atoms with Crippen LogP contribution in [-0.4, -0.2) is 121 Å². The van der Waals surface area contributed by atoms with Crippen LogP contribution in [0.15, 0.2) is 39.5 Å². The van der Waals surface area contributed by atoms with Crippen molar-refractivity contribution >= 4 is 11.0 Å². The van der Waals surface area contributed by atoms with E-state index in [1.165, 1.54) is 32.2 Å². The highest BCUT2D eigenvalue weighted by molar-refractivity contribution is 5.88. The van der Waals surface area contributed by atoms with Gasteiger partial charge in [0.2, 0.25) is 17.5 Å². The molecule has 3 heterocycles. The normalized spacial score (nSPS) is 32.4. The minimum absolute atomic E-state index is 0.0305. The Morgan fingerprint density at radius 1 is 0.841 bits per heavy atom. The fraction of sp³-hybridized carbons (Fsp3) is 0.464. The van der Waals surface area contributed by atoms with Crippen LogP contribution in [0.4, 0.5) is 0 Å². The van der Waals surface area contributed by atoms with Crippen molar-refractivity contribution in [2.75, 3.05) is 13.7 Å². The highest BCUT2D eigenvalue weighted by Crippen LogP contribution is 2.40. The third-order valence-corrected chi connectivity index (χ3v) is 7.51. The van der Waals surface area contributed by atoms with Crippen molar-refractivity contribution < 1.29 is 74.1 Å². The predicted octanol–water partition coefficient (Wildman–Crippen LogP) is -1.74.